The predicted octanol–water partition coefficient (Wildman–Crippen LogP) is 5.50. The summed E-state index contributed by atoms with van der Waals surface area (Å²) in [5.74, 6) is 2.45. The standard InChI is InChI=1S/C27H28FN5O/c1-20(32-12-14-33(15-13-32)27-29-18-21(19-30-27)6-5-11-28)31-24-9-10-25-23(16-24)17-26(34-25)22-7-3-2-4-8-22/h2-4,7-10,16-19,31H,1,5-6,11-15H2. The van der Waals surface area contributed by atoms with Gasteiger partial charge in [-0.15, -0.1) is 0 Å². The normalized spacial score (nSPS) is 13.9. The highest BCUT2D eigenvalue weighted by atomic mass is 19.1. The van der Waals surface area contributed by atoms with Crippen LogP contribution >= 0.6 is 0 Å². The van der Waals surface area contributed by atoms with Gasteiger partial charge in [0.2, 0.25) is 5.95 Å². The minimum atomic E-state index is -0.313. The first-order valence-corrected chi connectivity index (χ1v) is 11.6. The summed E-state index contributed by atoms with van der Waals surface area (Å²) in [5.41, 5.74) is 3.88. The number of alkyl halides is 1. The van der Waals surface area contributed by atoms with Crippen LogP contribution in [0.25, 0.3) is 22.3 Å². The smallest absolute Gasteiger partial charge is 0.225 e. The summed E-state index contributed by atoms with van der Waals surface area (Å²) in [6.07, 6.45) is 4.80. The lowest BCUT2D eigenvalue weighted by Gasteiger charge is -2.37. The van der Waals surface area contributed by atoms with Crippen LogP contribution in [-0.4, -0.2) is 47.7 Å². The largest absolute Gasteiger partial charge is 0.456 e. The molecule has 0 atom stereocenters. The number of fused-ring (bicyclic) bond motifs is 1. The molecule has 4 aromatic rings. The quantitative estimate of drug-likeness (QED) is 0.377. The number of aromatic nitrogens is 2. The van der Waals surface area contributed by atoms with E-state index in [0.717, 1.165) is 71.5 Å². The molecular weight excluding hydrogens is 429 g/mol. The fourth-order valence-corrected chi connectivity index (χ4v) is 4.20. The van der Waals surface area contributed by atoms with Gasteiger partial charge < -0.3 is 19.5 Å². The van der Waals surface area contributed by atoms with Crippen LogP contribution < -0.4 is 10.2 Å². The third kappa shape index (κ3) is 4.88. The first-order chi connectivity index (χ1) is 16.7. The molecule has 2 aromatic carbocycles. The van der Waals surface area contributed by atoms with E-state index in [4.69, 9.17) is 4.42 Å². The molecule has 0 spiro atoms. The van der Waals surface area contributed by atoms with E-state index < -0.39 is 0 Å². The van der Waals surface area contributed by atoms with Crippen LogP contribution in [-0.2, 0) is 6.42 Å². The van der Waals surface area contributed by atoms with Crippen LogP contribution in [0.15, 0.2) is 83.8 Å². The van der Waals surface area contributed by atoms with E-state index in [1.807, 2.05) is 42.5 Å². The minimum absolute atomic E-state index is 0.313. The highest BCUT2D eigenvalue weighted by Crippen LogP contribution is 2.30. The summed E-state index contributed by atoms with van der Waals surface area (Å²) in [7, 11) is 0. The molecule has 0 unspecified atom stereocenters. The molecule has 1 aliphatic heterocycles. The van der Waals surface area contributed by atoms with Gasteiger partial charge in [0.05, 0.1) is 12.5 Å². The van der Waals surface area contributed by atoms with Gasteiger partial charge in [-0.25, -0.2) is 9.97 Å². The number of piperazine rings is 1. The Kier molecular flexibility index (Phi) is 6.42. The molecule has 1 fully saturated rings. The summed E-state index contributed by atoms with van der Waals surface area (Å²) >= 11 is 0. The van der Waals surface area contributed by atoms with Gasteiger partial charge >= 0.3 is 0 Å². The molecule has 1 N–H and O–H groups in total. The molecule has 5 rings (SSSR count). The fourth-order valence-electron chi connectivity index (χ4n) is 4.20. The van der Waals surface area contributed by atoms with Crippen LogP contribution in [0.4, 0.5) is 16.0 Å². The monoisotopic (exact) mass is 457 g/mol. The van der Waals surface area contributed by atoms with E-state index in [-0.39, 0.29) is 6.67 Å². The molecular formula is C27H28FN5O. The Bertz CT molecular complexity index is 1250. The number of nitrogens with one attached hydrogen (secondary N) is 1. The summed E-state index contributed by atoms with van der Waals surface area (Å²) in [6, 6.07) is 18.3. The van der Waals surface area contributed by atoms with Crippen LogP contribution in [0.2, 0.25) is 0 Å². The van der Waals surface area contributed by atoms with Crippen molar-refractivity contribution in [3.05, 3.63) is 85.0 Å². The molecule has 0 aliphatic carbocycles. The second-order valence-electron chi connectivity index (χ2n) is 8.46. The van der Waals surface area contributed by atoms with Crippen molar-refractivity contribution in [3.63, 3.8) is 0 Å². The molecule has 174 valence electrons. The van der Waals surface area contributed by atoms with Crippen molar-refractivity contribution >= 4 is 22.6 Å². The number of halogens is 1. The van der Waals surface area contributed by atoms with Crippen molar-refractivity contribution in [2.45, 2.75) is 12.8 Å². The summed E-state index contributed by atoms with van der Waals surface area (Å²) < 4.78 is 18.4. The highest BCUT2D eigenvalue weighted by molar-refractivity contribution is 5.86. The first-order valence-electron chi connectivity index (χ1n) is 11.6. The molecule has 0 bridgehead atoms. The Hall–Kier alpha value is -3.87. The average Bonchev–Trinajstić information content (AvgIpc) is 3.32. The van der Waals surface area contributed by atoms with Crippen LogP contribution in [0.3, 0.4) is 0 Å². The lowest BCUT2D eigenvalue weighted by Crippen LogP contribution is -2.47. The number of rotatable bonds is 8. The van der Waals surface area contributed by atoms with Gasteiger partial charge in [-0.2, -0.15) is 0 Å². The van der Waals surface area contributed by atoms with E-state index >= 15 is 0 Å². The highest BCUT2D eigenvalue weighted by Gasteiger charge is 2.20. The molecule has 1 saturated heterocycles. The predicted molar refractivity (Wildman–Crippen MR) is 135 cm³/mol. The summed E-state index contributed by atoms with van der Waals surface area (Å²) in [6.45, 7) is 7.21. The molecule has 3 heterocycles. The van der Waals surface area contributed by atoms with Gasteiger partial charge in [0, 0.05) is 55.2 Å². The van der Waals surface area contributed by atoms with Gasteiger partial charge in [-0.05, 0) is 42.7 Å². The third-order valence-electron chi connectivity index (χ3n) is 6.10. The van der Waals surface area contributed by atoms with Gasteiger partial charge in [0.15, 0.2) is 0 Å². The Morgan fingerprint density at radius 3 is 2.50 bits per heavy atom. The molecule has 1 aliphatic rings. The fraction of sp³-hybridized carbons (Fsp3) is 0.259. The summed E-state index contributed by atoms with van der Waals surface area (Å²) in [4.78, 5) is 13.4. The maximum Gasteiger partial charge on any atom is 0.225 e. The molecule has 0 amide bonds. The number of benzene rings is 2. The second-order valence-corrected chi connectivity index (χ2v) is 8.46. The lowest BCUT2D eigenvalue weighted by atomic mass is 10.1. The SMILES string of the molecule is C=C(Nc1ccc2oc(-c3ccccc3)cc2c1)N1CCN(c2ncc(CCCF)cn2)CC1. The maximum absolute atomic E-state index is 12.4. The average molecular weight is 458 g/mol. The topological polar surface area (TPSA) is 57.4 Å². The van der Waals surface area contributed by atoms with Crippen molar-refractivity contribution < 1.29 is 8.81 Å². The number of furan rings is 1. The zero-order valence-corrected chi connectivity index (χ0v) is 19.1. The van der Waals surface area contributed by atoms with Crippen LogP contribution in [0.1, 0.15) is 12.0 Å². The zero-order valence-electron chi connectivity index (χ0n) is 19.1. The molecule has 6 nitrogen and oxygen atoms in total. The van der Waals surface area contributed by atoms with Crippen molar-refractivity contribution in [2.75, 3.05) is 43.1 Å². The molecule has 34 heavy (non-hydrogen) atoms. The van der Waals surface area contributed by atoms with Gasteiger partial charge in [0.1, 0.15) is 11.3 Å². The first kappa shape index (κ1) is 21.9. The number of aryl methyl sites for hydroxylation is 1. The van der Waals surface area contributed by atoms with Crippen molar-refractivity contribution in [1.82, 2.24) is 14.9 Å². The lowest BCUT2D eigenvalue weighted by molar-refractivity contribution is 0.324. The van der Waals surface area contributed by atoms with Crippen LogP contribution in [0, 0.1) is 0 Å². The Morgan fingerprint density at radius 1 is 1.00 bits per heavy atom. The van der Waals surface area contributed by atoms with Gasteiger partial charge in [-0.3, -0.25) is 4.39 Å². The Morgan fingerprint density at radius 2 is 1.76 bits per heavy atom. The van der Waals surface area contributed by atoms with Crippen molar-refractivity contribution in [2.24, 2.45) is 0 Å². The zero-order chi connectivity index (χ0) is 23.3. The van der Waals surface area contributed by atoms with Gasteiger partial charge in [-0.1, -0.05) is 36.9 Å². The van der Waals surface area contributed by atoms with Crippen molar-refractivity contribution in [1.29, 1.82) is 0 Å². The van der Waals surface area contributed by atoms with E-state index in [9.17, 15) is 4.39 Å². The second kappa shape index (κ2) is 9.95. The maximum atomic E-state index is 12.4. The minimum Gasteiger partial charge on any atom is -0.456 e. The molecule has 0 radical (unpaired) electrons. The number of hydrogen-bond acceptors (Lipinski definition) is 6. The summed E-state index contributed by atoms with van der Waals surface area (Å²) in [5, 5.41) is 4.49. The Labute approximate surface area is 198 Å². The molecule has 7 heteroatoms. The van der Waals surface area contributed by atoms with E-state index in [2.05, 4.69) is 43.8 Å². The van der Waals surface area contributed by atoms with E-state index in [1.165, 1.54) is 0 Å². The molecule has 0 saturated carbocycles. The van der Waals surface area contributed by atoms with E-state index in [1.54, 1.807) is 12.4 Å². The van der Waals surface area contributed by atoms with Crippen LogP contribution in [0.5, 0.6) is 0 Å². The number of hydrogen-bond donors (Lipinski definition) is 1. The molecule has 2 aromatic heterocycles. The number of nitrogens with zero attached hydrogens (tertiary/aromatic N) is 4. The van der Waals surface area contributed by atoms with Gasteiger partial charge in [0.25, 0.3) is 0 Å². The number of anilines is 2. The van der Waals surface area contributed by atoms with E-state index in [0.29, 0.717) is 12.8 Å². The van der Waals surface area contributed by atoms with Crippen molar-refractivity contribution in [3.8, 4) is 11.3 Å². The Balaban J connectivity index is 1.18. The third-order valence-corrected chi connectivity index (χ3v) is 6.10.